The number of anilines is 1. The molecule has 7 heteroatoms. The zero-order valence-electron chi connectivity index (χ0n) is 6.60. The van der Waals surface area contributed by atoms with Crippen molar-refractivity contribution in [2.24, 2.45) is 0 Å². The molecule has 6 nitrogen and oxygen atoms in total. The van der Waals surface area contributed by atoms with E-state index in [1.165, 1.54) is 17.8 Å². The summed E-state index contributed by atoms with van der Waals surface area (Å²) in [5.74, 6) is -0.205. The number of carboxylic acids is 1. The normalized spacial score (nSPS) is 10.8. The van der Waals surface area contributed by atoms with Crippen molar-refractivity contribution in [3.05, 3.63) is 12.2 Å². The van der Waals surface area contributed by atoms with E-state index >= 15 is 0 Å². The van der Waals surface area contributed by atoms with E-state index in [-0.39, 0.29) is 5.95 Å². The van der Waals surface area contributed by atoms with E-state index in [2.05, 4.69) is 15.2 Å². The smallest absolute Gasteiger partial charge is 0.328 e. The fourth-order valence-electron chi connectivity index (χ4n) is 0.594. The van der Waals surface area contributed by atoms with E-state index < -0.39 is 5.97 Å². The Hall–Kier alpha value is -1.50. The molecular weight excluding hydrogens is 192 g/mol. The number of hydrogen-bond donors (Lipinski definition) is 3. The zero-order valence-corrected chi connectivity index (χ0v) is 7.41. The quantitative estimate of drug-likeness (QED) is 0.471. The summed E-state index contributed by atoms with van der Waals surface area (Å²) in [5.41, 5.74) is 5.28. The summed E-state index contributed by atoms with van der Waals surface area (Å²) in [5, 5.41) is 15.0. The summed E-state index contributed by atoms with van der Waals surface area (Å²) in [6.07, 6.45) is 2.59. The molecule has 0 spiro atoms. The zero-order chi connectivity index (χ0) is 9.68. The molecule has 0 bridgehead atoms. The van der Waals surface area contributed by atoms with Gasteiger partial charge in [-0.3, -0.25) is 0 Å². The number of aromatic nitrogens is 3. The molecule has 1 aromatic heterocycles. The first-order valence-corrected chi connectivity index (χ1v) is 4.37. The van der Waals surface area contributed by atoms with Crippen molar-refractivity contribution in [1.29, 1.82) is 0 Å². The maximum Gasteiger partial charge on any atom is 0.328 e. The Morgan fingerprint density at radius 3 is 3.08 bits per heavy atom. The molecule has 0 atom stereocenters. The number of nitrogens with zero attached hydrogens (tertiary/aromatic N) is 2. The van der Waals surface area contributed by atoms with Gasteiger partial charge >= 0.3 is 5.97 Å². The van der Waals surface area contributed by atoms with Crippen molar-refractivity contribution >= 4 is 23.7 Å². The molecule has 0 amide bonds. The van der Waals surface area contributed by atoms with Gasteiger partial charge in [-0.25, -0.2) is 9.89 Å². The van der Waals surface area contributed by atoms with Crippen LogP contribution in [-0.4, -0.2) is 32.0 Å². The summed E-state index contributed by atoms with van der Waals surface area (Å²) < 4.78 is 0. The van der Waals surface area contributed by atoms with Crippen molar-refractivity contribution in [3.63, 3.8) is 0 Å². The van der Waals surface area contributed by atoms with Crippen LogP contribution >= 0.6 is 11.8 Å². The van der Waals surface area contributed by atoms with Gasteiger partial charge in [0.1, 0.15) is 0 Å². The van der Waals surface area contributed by atoms with Gasteiger partial charge in [-0.2, -0.15) is 4.98 Å². The van der Waals surface area contributed by atoms with Crippen LogP contribution in [0, 0.1) is 0 Å². The lowest BCUT2D eigenvalue weighted by molar-refractivity contribution is -0.131. The molecule has 0 saturated heterocycles. The average molecular weight is 200 g/mol. The minimum atomic E-state index is -0.963. The van der Waals surface area contributed by atoms with E-state index in [1.807, 2.05) is 0 Å². The van der Waals surface area contributed by atoms with Crippen LogP contribution in [0.3, 0.4) is 0 Å². The first-order chi connectivity index (χ1) is 6.18. The van der Waals surface area contributed by atoms with Crippen molar-refractivity contribution in [2.75, 3.05) is 11.5 Å². The number of H-pyrrole nitrogens is 1. The van der Waals surface area contributed by atoms with E-state index in [0.29, 0.717) is 10.9 Å². The number of carbonyl (C=O) groups is 1. The Morgan fingerprint density at radius 1 is 1.77 bits per heavy atom. The minimum absolute atomic E-state index is 0.254. The molecular formula is C6H8N4O2S. The number of nitrogens with one attached hydrogen (secondary N) is 1. The number of hydrogen-bond acceptors (Lipinski definition) is 5. The molecule has 13 heavy (non-hydrogen) atoms. The molecule has 0 radical (unpaired) electrons. The van der Waals surface area contributed by atoms with E-state index in [9.17, 15) is 4.79 Å². The second-order valence-corrected chi connectivity index (χ2v) is 3.04. The number of rotatable bonds is 4. The first kappa shape index (κ1) is 9.59. The number of thioether (sulfide) groups is 1. The molecule has 1 heterocycles. The maximum atomic E-state index is 10.1. The summed E-state index contributed by atoms with van der Waals surface area (Å²) in [4.78, 5) is 13.9. The van der Waals surface area contributed by atoms with Crippen molar-refractivity contribution in [1.82, 2.24) is 15.2 Å². The maximum absolute atomic E-state index is 10.1. The van der Waals surface area contributed by atoms with E-state index in [0.717, 1.165) is 6.08 Å². The Balaban J connectivity index is 2.31. The fraction of sp³-hybridized carbons (Fsp3) is 0.167. The number of aliphatic carboxylic acids is 1. The summed E-state index contributed by atoms with van der Waals surface area (Å²) in [7, 11) is 0. The third-order valence-corrected chi connectivity index (χ3v) is 1.85. The molecule has 4 N–H and O–H groups in total. The fourth-order valence-corrected chi connectivity index (χ4v) is 1.21. The molecule has 1 aromatic rings. The lowest BCUT2D eigenvalue weighted by atomic mass is 10.5. The highest BCUT2D eigenvalue weighted by atomic mass is 32.2. The van der Waals surface area contributed by atoms with Gasteiger partial charge < -0.3 is 10.8 Å². The Kier molecular flexibility index (Phi) is 3.32. The van der Waals surface area contributed by atoms with Gasteiger partial charge in [0.05, 0.1) is 0 Å². The molecule has 0 aliphatic rings. The molecule has 1 rings (SSSR count). The lowest BCUT2D eigenvalue weighted by Crippen LogP contribution is -1.87. The SMILES string of the molecule is Nc1nc(SCC=CC(=O)O)n[nH]1. The second kappa shape index (κ2) is 4.51. The highest BCUT2D eigenvalue weighted by Crippen LogP contribution is 2.12. The molecule has 0 aromatic carbocycles. The molecule has 0 aliphatic carbocycles. The summed E-state index contributed by atoms with van der Waals surface area (Å²) >= 11 is 1.30. The monoisotopic (exact) mass is 200 g/mol. The van der Waals surface area contributed by atoms with Gasteiger partial charge in [0.25, 0.3) is 0 Å². The van der Waals surface area contributed by atoms with Crippen LogP contribution in [0.1, 0.15) is 0 Å². The minimum Gasteiger partial charge on any atom is -0.478 e. The highest BCUT2D eigenvalue weighted by molar-refractivity contribution is 7.99. The van der Waals surface area contributed by atoms with E-state index in [1.54, 1.807) is 0 Å². The van der Waals surface area contributed by atoms with Gasteiger partial charge in [-0.15, -0.1) is 5.10 Å². The van der Waals surface area contributed by atoms with Crippen LogP contribution in [0.25, 0.3) is 0 Å². The van der Waals surface area contributed by atoms with Crippen LogP contribution in [0.4, 0.5) is 5.95 Å². The number of nitrogens with two attached hydrogens (primary N) is 1. The first-order valence-electron chi connectivity index (χ1n) is 3.38. The Bertz CT molecular complexity index is 322. The van der Waals surface area contributed by atoms with E-state index in [4.69, 9.17) is 10.8 Å². The van der Waals surface area contributed by atoms with Crippen molar-refractivity contribution in [2.45, 2.75) is 5.16 Å². The van der Waals surface area contributed by atoms with Gasteiger partial charge in [0.15, 0.2) is 0 Å². The summed E-state index contributed by atoms with van der Waals surface area (Å²) in [6, 6.07) is 0. The van der Waals surface area contributed by atoms with Gasteiger partial charge in [-0.05, 0) is 0 Å². The number of carboxylic acid groups (broad SMARTS) is 1. The largest absolute Gasteiger partial charge is 0.478 e. The van der Waals surface area contributed by atoms with Gasteiger partial charge in [-0.1, -0.05) is 17.8 Å². The Morgan fingerprint density at radius 2 is 2.54 bits per heavy atom. The van der Waals surface area contributed by atoms with Crippen molar-refractivity contribution < 1.29 is 9.90 Å². The predicted octanol–water partition coefficient (Wildman–Crippen LogP) is 0.120. The highest BCUT2D eigenvalue weighted by Gasteiger charge is 1.98. The second-order valence-electron chi connectivity index (χ2n) is 2.05. The number of aromatic amines is 1. The topological polar surface area (TPSA) is 105 Å². The molecule has 0 saturated carbocycles. The van der Waals surface area contributed by atoms with Crippen LogP contribution in [-0.2, 0) is 4.79 Å². The van der Waals surface area contributed by atoms with Gasteiger partial charge in [0, 0.05) is 11.8 Å². The third kappa shape index (κ3) is 3.61. The number of nitrogen functional groups attached to an aromatic ring is 1. The molecule has 0 fully saturated rings. The van der Waals surface area contributed by atoms with Gasteiger partial charge in [0.2, 0.25) is 11.1 Å². The van der Waals surface area contributed by atoms with Crippen LogP contribution in [0.15, 0.2) is 17.3 Å². The molecule has 70 valence electrons. The average Bonchev–Trinajstić information content (AvgIpc) is 2.45. The standard InChI is InChI=1S/C6H8N4O2S/c7-5-8-6(10-9-5)13-3-1-2-4(11)12/h1-2H,3H2,(H,11,12)(H3,7,8,9,10). The molecule has 0 unspecified atom stereocenters. The Labute approximate surface area is 78.2 Å². The van der Waals surface area contributed by atoms with Crippen molar-refractivity contribution in [3.8, 4) is 0 Å². The molecule has 0 aliphatic heterocycles. The summed E-state index contributed by atoms with van der Waals surface area (Å²) in [6.45, 7) is 0. The lowest BCUT2D eigenvalue weighted by Gasteiger charge is -1.86. The van der Waals surface area contributed by atoms with Crippen LogP contribution in [0.2, 0.25) is 0 Å². The van der Waals surface area contributed by atoms with Crippen LogP contribution < -0.4 is 5.73 Å². The predicted molar refractivity (Wildman–Crippen MR) is 48.3 cm³/mol. The van der Waals surface area contributed by atoms with Crippen LogP contribution in [0.5, 0.6) is 0 Å². The third-order valence-electron chi connectivity index (χ3n) is 1.05.